The highest BCUT2D eigenvalue weighted by Gasteiger charge is 1.98. The first kappa shape index (κ1) is 11.0. The Bertz CT molecular complexity index is 547. The van der Waals surface area contributed by atoms with Crippen LogP contribution in [-0.2, 0) is 0 Å². The number of aromatic hydroxyl groups is 3. The lowest BCUT2D eigenvalue weighted by Crippen LogP contribution is -1.80. The van der Waals surface area contributed by atoms with Crippen LogP contribution in [-0.4, -0.2) is 21.5 Å². The van der Waals surface area contributed by atoms with Gasteiger partial charge in [0.2, 0.25) is 0 Å². The fourth-order valence-electron chi connectivity index (χ4n) is 1.31. The lowest BCUT2D eigenvalue weighted by atomic mass is 10.2. The van der Waals surface area contributed by atoms with Gasteiger partial charge in [-0.3, -0.25) is 4.99 Å². The predicted molar refractivity (Wildman–Crippen MR) is 65.1 cm³/mol. The third kappa shape index (κ3) is 2.75. The highest BCUT2D eigenvalue weighted by atomic mass is 16.3. The summed E-state index contributed by atoms with van der Waals surface area (Å²) in [6.07, 6.45) is 1.56. The Morgan fingerprint density at radius 3 is 2.18 bits per heavy atom. The van der Waals surface area contributed by atoms with E-state index in [1.54, 1.807) is 36.5 Å². The first-order valence-corrected chi connectivity index (χ1v) is 5.00. The number of aliphatic imine (C=N–C) groups is 1. The van der Waals surface area contributed by atoms with Crippen molar-refractivity contribution in [1.82, 2.24) is 0 Å². The van der Waals surface area contributed by atoms with Crippen molar-refractivity contribution in [3.05, 3.63) is 48.0 Å². The number of rotatable bonds is 2. The maximum absolute atomic E-state index is 9.29. The van der Waals surface area contributed by atoms with Gasteiger partial charge in [0.25, 0.3) is 0 Å². The fourth-order valence-corrected chi connectivity index (χ4v) is 1.31. The largest absolute Gasteiger partial charge is 0.508 e. The number of phenols is 3. The molecule has 0 aliphatic rings. The molecule has 0 amide bonds. The van der Waals surface area contributed by atoms with Gasteiger partial charge in [0.05, 0.1) is 5.69 Å². The summed E-state index contributed by atoms with van der Waals surface area (Å²) in [5.74, 6) is -0.155. The normalized spacial score (nSPS) is 10.8. The maximum atomic E-state index is 9.29. The molecular weight excluding hydrogens is 218 g/mol. The quantitative estimate of drug-likeness (QED) is 0.547. The predicted octanol–water partition coefficient (Wildman–Crippen LogP) is 2.55. The summed E-state index contributed by atoms with van der Waals surface area (Å²) in [4.78, 5) is 4.16. The molecule has 0 heterocycles. The van der Waals surface area contributed by atoms with Gasteiger partial charge < -0.3 is 15.3 Å². The molecule has 0 saturated carbocycles. The van der Waals surface area contributed by atoms with Crippen LogP contribution >= 0.6 is 0 Å². The Hall–Kier alpha value is -2.49. The van der Waals surface area contributed by atoms with Gasteiger partial charge in [0.15, 0.2) is 11.5 Å². The molecule has 0 aliphatic heterocycles. The van der Waals surface area contributed by atoms with E-state index in [4.69, 9.17) is 10.2 Å². The minimum Gasteiger partial charge on any atom is -0.508 e. The summed E-state index contributed by atoms with van der Waals surface area (Å²) < 4.78 is 0. The van der Waals surface area contributed by atoms with Gasteiger partial charge in [-0.15, -0.1) is 0 Å². The molecule has 0 fully saturated rings. The summed E-state index contributed by atoms with van der Waals surface area (Å²) in [7, 11) is 0. The van der Waals surface area contributed by atoms with Gasteiger partial charge in [-0.2, -0.15) is 0 Å². The van der Waals surface area contributed by atoms with Crippen molar-refractivity contribution in [3.8, 4) is 17.2 Å². The minimum atomic E-state index is -0.181. The van der Waals surface area contributed by atoms with Crippen LogP contribution in [0.5, 0.6) is 17.2 Å². The third-order valence-electron chi connectivity index (χ3n) is 2.21. The smallest absolute Gasteiger partial charge is 0.158 e. The van der Waals surface area contributed by atoms with Gasteiger partial charge in [-0.25, -0.2) is 0 Å². The second kappa shape index (κ2) is 4.57. The van der Waals surface area contributed by atoms with Crippen LogP contribution < -0.4 is 0 Å². The van der Waals surface area contributed by atoms with Gasteiger partial charge in [-0.1, -0.05) is 0 Å². The summed E-state index contributed by atoms with van der Waals surface area (Å²) in [6.45, 7) is 0. The molecule has 2 aromatic rings. The van der Waals surface area contributed by atoms with Crippen LogP contribution in [0.25, 0.3) is 0 Å². The maximum Gasteiger partial charge on any atom is 0.158 e. The standard InChI is InChI=1S/C13H11NO3/c15-11-4-2-10(3-5-11)14-8-9-1-6-12(16)13(17)7-9/h1-8,15-17H. The Kier molecular flexibility index (Phi) is 2.96. The van der Waals surface area contributed by atoms with Crippen molar-refractivity contribution < 1.29 is 15.3 Å². The highest BCUT2D eigenvalue weighted by molar-refractivity contribution is 5.83. The van der Waals surface area contributed by atoms with Crippen LogP contribution in [0.15, 0.2) is 47.5 Å². The number of nitrogens with zero attached hydrogens (tertiary/aromatic N) is 1. The van der Waals surface area contributed by atoms with Gasteiger partial charge >= 0.3 is 0 Å². The first-order valence-electron chi connectivity index (χ1n) is 5.00. The molecule has 0 unspecified atom stereocenters. The topological polar surface area (TPSA) is 73.1 Å². The van der Waals surface area contributed by atoms with E-state index in [0.717, 1.165) is 0 Å². The first-order chi connectivity index (χ1) is 8.15. The van der Waals surface area contributed by atoms with Gasteiger partial charge in [0, 0.05) is 6.21 Å². The monoisotopic (exact) mass is 229 g/mol. The summed E-state index contributed by atoms with van der Waals surface area (Å²) >= 11 is 0. The van der Waals surface area contributed by atoms with E-state index in [1.165, 1.54) is 12.1 Å². The summed E-state index contributed by atoms with van der Waals surface area (Å²) in [6, 6.07) is 10.9. The molecule has 0 aliphatic carbocycles. The molecule has 4 heteroatoms. The van der Waals surface area contributed by atoms with E-state index in [9.17, 15) is 5.11 Å². The van der Waals surface area contributed by atoms with E-state index >= 15 is 0 Å². The van der Waals surface area contributed by atoms with Crippen LogP contribution in [0, 0.1) is 0 Å². The average Bonchev–Trinajstić information content (AvgIpc) is 2.33. The number of phenolic OH excluding ortho intramolecular Hbond substituents is 3. The Morgan fingerprint density at radius 1 is 0.824 bits per heavy atom. The SMILES string of the molecule is Oc1ccc(N=Cc2ccc(O)c(O)c2)cc1. The summed E-state index contributed by atoms with van der Waals surface area (Å²) in [5, 5.41) is 27.5. The molecule has 0 atom stereocenters. The highest BCUT2D eigenvalue weighted by Crippen LogP contribution is 2.24. The zero-order chi connectivity index (χ0) is 12.3. The van der Waals surface area contributed by atoms with Crippen LogP contribution in [0.2, 0.25) is 0 Å². The summed E-state index contributed by atoms with van der Waals surface area (Å²) in [5.41, 5.74) is 1.36. The Labute approximate surface area is 98.1 Å². The van der Waals surface area contributed by atoms with E-state index in [2.05, 4.69) is 4.99 Å². The van der Waals surface area contributed by atoms with Crippen LogP contribution in [0.4, 0.5) is 5.69 Å². The fraction of sp³-hybridized carbons (Fsp3) is 0. The van der Waals surface area contributed by atoms with E-state index in [-0.39, 0.29) is 17.2 Å². The van der Waals surface area contributed by atoms with Crippen molar-refractivity contribution >= 4 is 11.9 Å². The minimum absolute atomic E-state index is 0.160. The molecule has 4 nitrogen and oxygen atoms in total. The van der Waals surface area contributed by atoms with E-state index < -0.39 is 0 Å². The van der Waals surface area contributed by atoms with Gasteiger partial charge in [0.1, 0.15) is 5.75 Å². The van der Waals surface area contributed by atoms with E-state index in [0.29, 0.717) is 11.3 Å². The molecular formula is C13H11NO3. The zero-order valence-electron chi connectivity index (χ0n) is 8.91. The average molecular weight is 229 g/mol. The molecule has 2 rings (SSSR count). The van der Waals surface area contributed by atoms with E-state index in [1.807, 2.05) is 0 Å². The lowest BCUT2D eigenvalue weighted by Gasteiger charge is -1.98. The van der Waals surface area contributed by atoms with Crippen molar-refractivity contribution in [2.75, 3.05) is 0 Å². The second-order valence-corrected chi connectivity index (χ2v) is 3.52. The molecule has 86 valence electrons. The van der Waals surface area contributed by atoms with Crippen molar-refractivity contribution in [1.29, 1.82) is 0 Å². The van der Waals surface area contributed by atoms with Crippen molar-refractivity contribution in [3.63, 3.8) is 0 Å². The number of benzene rings is 2. The number of hydrogen-bond donors (Lipinski definition) is 3. The van der Waals surface area contributed by atoms with Crippen LogP contribution in [0.3, 0.4) is 0 Å². The Morgan fingerprint density at radius 2 is 1.53 bits per heavy atom. The third-order valence-corrected chi connectivity index (χ3v) is 2.21. The van der Waals surface area contributed by atoms with Crippen molar-refractivity contribution in [2.24, 2.45) is 4.99 Å². The molecule has 0 spiro atoms. The second-order valence-electron chi connectivity index (χ2n) is 3.52. The van der Waals surface area contributed by atoms with Crippen molar-refractivity contribution in [2.45, 2.75) is 0 Å². The van der Waals surface area contributed by atoms with Crippen LogP contribution in [0.1, 0.15) is 5.56 Å². The Balaban J connectivity index is 2.20. The zero-order valence-corrected chi connectivity index (χ0v) is 8.91. The molecule has 0 radical (unpaired) electrons. The molecule has 17 heavy (non-hydrogen) atoms. The molecule has 0 saturated heterocycles. The number of hydrogen-bond acceptors (Lipinski definition) is 4. The molecule has 0 aromatic heterocycles. The molecule has 3 N–H and O–H groups in total. The molecule has 2 aromatic carbocycles. The lowest BCUT2D eigenvalue weighted by molar-refractivity contribution is 0.403. The molecule has 0 bridgehead atoms. The van der Waals surface area contributed by atoms with Gasteiger partial charge in [-0.05, 0) is 48.0 Å².